The quantitative estimate of drug-likeness (QED) is 0.462. The van der Waals surface area contributed by atoms with Crippen LogP contribution in [-0.2, 0) is 20.9 Å². The van der Waals surface area contributed by atoms with Crippen molar-refractivity contribution in [2.45, 2.75) is 45.4 Å². The smallest absolute Gasteiger partial charge is 0.414 e. The fraction of sp³-hybridized carbons (Fsp3) is 0.423. The zero-order chi connectivity index (χ0) is 26.7. The number of hydrogen-bond donors (Lipinski definition) is 4. The number of nitrogens with zero attached hydrogens (tertiary/aromatic N) is 1. The molecule has 0 aromatic heterocycles. The second kappa shape index (κ2) is 14.2. The normalized spacial score (nSPS) is 18.3. The van der Waals surface area contributed by atoms with Crippen LogP contribution in [0, 0.1) is 5.82 Å². The summed E-state index contributed by atoms with van der Waals surface area (Å²) in [5.41, 5.74) is 2.41. The Kier molecular flexibility index (Phi) is 11.3. The van der Waals surface area contributed by atoms with E-state index in [0.29, 0.717) is 49.3 Å². The average molecular weight is 503 g/mol. The Morgan fingerprint density at radius 3 is 2.44 bits per heavy atom. The van der Waals surface area contributed by atoms with Gasteiger partial charge in [0.15, 0.2) is 0 Å². The lowest BCUT2D eigenvalue weighted by atomic mass is 10.0. The first-order valence-corrected chi connectivity index (χ1v) is 12.0. The summed E-state index contributed by atoms with van der Waals surface area (Å²) in [6.07, 6.45) is 0.116. The number of aliphatic hydroxyl groups excluding tert-OH is 1. The van der Waals surface area contributed by atoms with E-state index in [-0.39, 0.29) is 17.9 Å². The summed E-state index contributed by atoms with van der Waals surface area (Å²) in [6.45, 7) is 5.21. The number of aliphatic hydroxyl groups is 1. The molecule has 4 N–H and O–H groups in total. The molecule has 2 aromatic carbocycles. The molecule has 4 rings (SSSR count). The van der Waals surface area contributed by atoms with Gasteiger partial charge >= 0.3 is 6.09 Å². The van der Waals surface area contributed by atoms with Gasteiger partial charge in [0.1, 0.15) is 18.0 Å². The highest BCUT2D eigenvalue weighted by atomic mass is 19.1. The number of halogens is 1. The largest absolute Gasteiger partial charge is 0.443 e. The van der Waals surface area contributed by atoms with E-state index in [2.05, 4.69) is 16.0 Å². The SMILES string of the molecule is CC.CNCC1CN(c2ccc(-c3ccc(CNC(=O)C4CCC(=O)N4)cc3)c(F)c2)C(=O)O1.CO. The Morgan fingerprint density at radius 1 is 1.17 bits per heavy atom. The van der Waals surface area contributed by atoms with Crippen LogP contribution in [0.3, 0.4) is 0 Å². The summed E-state index contributed by atoms with van der Waals surface area (Å²) in [5, 5.41) is 15.4. The lowest BCUT2D eigenvalue weighted by Crippen LogP contribution is -2.41. The highest BCUT2D eigenvalue weighted by Crippen LogP contribution is 2.29. The number of amides is 3. The van der Waals surface area contributed by atoms with E-state index in [1.165, 1.54) is 11.0 Å². The zero-order valence-corrected chi connectivity index (χ0v) is 21.1. The van der Waals surface area contributed by atoms with Crippen molar-refractivity contribution in [3.05, 3.63) is 53.8 Å². The maximum atomic E-state index is 14.8. The van der Waals surface area contributed by atoms with Gasteiger partial charge in [-0.05, 0) is 42.8 Å². The predicted octanol–water partition coefficient (Wildman–Crippen LogP) is 2.57. The Bertz CT molecular complexity index is 1030. The van der Waals surface area contributed by atoms with Crippen LogP contribution in [0.25, 0.3) is 11.1 Å². The molecular weight excluding hydrogens is 467 g/mol. The zero-order valence-electron chi connectivity index (χ0n) is 21.1. The molecule has 2 unspecified atom stereocenters. The van der Waals surface area contributed by atoms with E-state index in [1.807, 2.05) is 26.0 Å². The molecule has 0 spiro atoms. The third-order valence-corrected chi connectivity index (χ3v) is 5.61. The average Bonchev–Trinajstić information content (AvgIpc) is 3.50. The van der Waals surface area contributed by atoms with Gasteiger partial charge in [0.05, 0.1) is 12.2 Å². The summed E-state index contributed by atoms with van der Waals surface area (Å²) in [6, 6.07) is 11.4. The number of benzene rings is 2. The van der Waals surface area contributed by atoms with E-state index in [1.54, 1.807) is 31.3 Å². The Hall–Kier alpha value is -3.50. The summed E-state index contributed by atoms with van der Waals surface area (Å²) >= 11 is 0. The molecule has 36 heavy (non-hydrogen) atoms. The number of anilines is 1. The molecular formula is C26H35FN4O5. The van der Waals surface area contributed by atoms with E-state index in [9.17, 15) is 18.8 Å². The Balaban J connectivity index is 0.00000109. The first-order chi connectivity index (χ1) is 17.4. The van der Waals surface area contributed by atoms with Crippen molar-refractivity contribution in [2.24, 2.45) is 0 Å². The number of carbonyl (C=O) groups excluding carboxylic acids is 3. The molecule has 2 aliphatic heterocycles. The highest BCUT2D eigenvalue weighted by molar-refractivity contribution is 5.91. The highest BCUT2D eigenvalue weighted by Gasteiger charge is 2.32. The minimum Gasteiger partial charge on any atom is -0.443 e. The minimum absolute atomic E-state index is 0.109. The van der Waals surface area contributed by atoms with Gasteiger partial charge in [-0.1, -0.05) is 38.1 Å². The number of hydrogen-bond acceptors (Lipinski definition) is 6. The molecule has 0 saturated carbocycles. The van der Waals surface area contributed by atoms with Crippen molar-refractivity contribution >= 4 is 23.6 Å². The van der Waals surface area contributed by atoms with Crippen LogP contribution in [0.4, 0.5) is 14.9 Å². The van der Waals surface area contributed by atoms with Crippen molar-refractivity contribution < 1.29 is 28.6 Å². The van der Waals surface area contributed by atoms with Crippen molar-refractivity contribution in [2.75, 3.05) is 32.1 Å². The van der Waals surface area contributed by atoms with Crippen LogP contribution in [0.1, 0.15) is 32.3 Å². The van der Waals surface area contributed by atoms with Crippen LogP contribution in [0.15, 0.2) is 42.5 Å². The number of ether oxygens (including phenoxy) is 1. The van der Waals surface area contributed by atoms with Crippen LogP contribution < -0.4 is 20.9 Å². The fourth-order valence-electron chi connectivity index (χ4n) is 3.90. The van der Waals surface area contributed by atoms with Gasteiger partial charge < -0.3 is 25.8 Å². The van der Waals surface area contributed by atoms with Crippen LogP contribution in [0.2, 0.25) is 0 Å². The molecule has 0 bridgehead atoms. The van der Waals surface area contributed by atoms with E-state index < -0.39 is 18.0 Å². The van der Waals surface area contributed by atoms with Gasteiger partial charge in [-0.25, -0.2) is 9.18 Å². The Labute approximate surface area is 211 Å². The maximum absolute atomic E-state index is 14.8. The summed E-state index contributed by atoms with van der Waals surface area (Å²) in [7, 11) is 2.78. The van der Waals surface area contributed by atoms with Gasteiger partial charge in [0.25, 0.3) is 0 Å². The summed E-state index contributed by atoms with van der Waals surface area (Å²) in [5.74, 6) is -0.758. The molecule has 2 heterocycles. The standard InChI is InChI=1S/C23H25FN4O4.C2H6.CH4O/c1-25-12-17-13-28(23(31)32-17)16-6-7-18(19(24)10-16)15-4-2-14(3-5-15)11-26-22(30)20-8-9-21(29)27-20;2*1-2/h2-7,10,17,20,25H,8-9,11-13H2,1H3,(H,26,30)(H,27,29);1-2H3;2H,1H3. The predicted molar refractivity (Wildman–Crippen MR) is 136 cm³/mol. The molecule has 10 heteroatoms. The van der Waals surface area contributed by atoms with Crippen molar-refractivity contribution in [3.63, 3.8) is 0 Å². The van der Waals surface area contributed by atoms with E-state index in [4.69, 9.17) is 9.84 Å². The fourth-order valence-corrected chi connectivity index (χ4v) is 3.90. The molecule has 196 valence electrons. The van der Waals surface area contributed by atoms with Crippen LogP contribution >= 0.6 is 0 Å². The first kappa shape index (κ1) is 28.7. The number of likely N-dealkylation sites (N-methyl/N-ethyl adjacent to an activating group) is 1. The molecule has 2 atom stereocenters. The topological polar surface area (TPSA) is 120 Å². The maximum Gasteiger partial charge on any atom is 0.414 e. The van der Waals surface area contributed by atoms with Gasteiger partial charge in [-0.2, -0.15) is 0 Å². The van der Waals surface area contributed by atoms with Crippen LogP contribution in [-0.4, -0.2) is 62.4 Å². The molecule has 9 nitrogen and oxygen atoms in total. The monoisotopic (exact) mass is 502 g/mol. The first-order valence-electron chi connectivity index (χ1n) is 12.0. The van der Waals surface area contributed by atoms with Gasteiger partial charge in [-0.15, -0.1) is 0 Å². The van der Waals surface area contributed by atoms with Gasteiger partial charge in [0.2, 0.25) is 11.8 Å². The molecule has 0 radical (unpaired) electrons. The third kappa shape index (κ3) is 7.25. The van der Waals surface area contributed by atoms with Gasteiger partial charge in [-0.3, -0.25) is 14.5 Å². The van der Waals surface area contributed by atoms with Crippen molar-refractivity contribution in [1.82, 2.24) is 16.0 Å². The second-order valence-electron chi connectivity index (χ2n) is 7.91. The summed E-state index contributed by atoms with van der Waals surface area (Å²) in [4.78, 5) is 36.8. The molecule has 2 aromatic rings. The van der Waals surface area contributed by atoms with Crippen molar-refractivity contribution in [1.29, 1.82) is 0 Å². The second-order valence-corrected chi connectivity index (χ2v) is 7.91. The number of rotatable bonds is 7. The Morgan fingerprint density at radius 2 is 1.86 bits per heavy atom. The molecule has 2 fully saturated rings. The molecule has 2 saturated heterocycles. The van der Waals surface area contributed by atoms with E-state index >= 15 is 0 Å². The molecule has 0 aliphatic carbocycles. The number of nitrogens with one attached hydrogen (secondary N) is 3. The van der Waals surface area contributed by atoms with Gasteiger partial charge in [0, 0.05) is 32.2 Å². The lowest BCUT2D eigenvalue weighted by Gasteiger charge is -2.15. The van der Waals surface area contributed by atoms with Crippen LogP contribution in [0.5, 0.6) is 0 Å². The molecule has 3 amide bonds. The lowest BCUT2D eigenvalue weighted by molar-refractivity contribution is -0.125. The summed E-state index contributed by atoms with van der Waals surface area (Å²) < 4.78 is 20.1. The third-order valence-electron chi connectivity index (χ3n) is 5.61. The number of carbonyl (C=O) groups is 3. The van der Waals surface area contributed by atoms with E-state index in [0.717, 1.165) is 12.7 Å². The number of cyclic esters (lactones) is 1. The minimum atomic E-state index is -0.485. The molecule has 2 aliphatic rings. The van der Waals surface area contributed by atoms with Crippen molar-refractivity contribution in [3.8, 4) is 11.1 Å².